The zero-order valence-corrected chi connectivity index (χ0v) is 16.1. The number of nitrogens with zero attached hydrogens (tertiary/aromatic N) is 2. The lowest BCUT2D eigenvalue weighted by Gasteiger charge is -2.40. The van der Waals surface area contributed by atoms with E-state index in [1.165, 1.54) is 0 Å². The molecule has 2 heterocycles. The third-order valence-corrected chi connectivity index (χ3v) is 6.46. The fraction of sp³-hybridized carbons (Fsp3) is 0.273. The van der Waals surface area contributed by atoms with Gasteiger partial charge < -0.3 is 10.0 Å². The maximum absolute atomic E-state index is 13.2. The van der Waals surface area contributed by atoms with Crippen molar-refractivity contribution in [1.82, 2.24) is 0 Å². The predicted molar refractivity (Wildman–Crippen MR) is 108 cm³/mol. The smallest absolute Gasteiger partial charge is 0.174 e. The molecule has 0 spiro atoms. The number of ketones is 1. The van der Waals surface area contributed by atoms with Gasteiger partial charge in [0.15, 0.2) is 11.0 Å². The number of fused-ring (bicyclic) bond motifs is 3. The third-order valence-electron chi connectivity index (χ3n) is 5.42. The van der Waals surface area contributed by atoms with E-state index in [0.717, 1.165) is 39.0 Å². The molecular weight excluding hydrogens is 356 g/mol. The zero-order valence-electron chi connectivity index (χ0n) is 15.3. The van der Waals surface area contributed by atoms with Gasteiger partial charge in [-0.25, -0.2) is 4.99 Å². The molecule has 1 N–H and O–H groups in total. The van der Waals surface area contributed by atoms with Gasteiger partial charge in [0.25, 0.3) is 0 Å². The number of anilines is 1. The number of phenolic OH excluding ortho intramolecular Hbond substituents is 1. The van der Waals surface area contributed by atoms with Crippen LogP contribution in [0.3, 0.4) is 0 Å². The minimum absolute atomic E-state index is 0.0957. The number of amidine groups is 1. The fourth-order valence-corrected chi connectivity index (χ4v) is 5.36. The van der Waals surface area contributed by atoms with Gasteiger partial charge in [-0.2, -0.15) is 0 Å². The minimum atomic E-state index is -0.339. The zero-order chi connectivity index (χ0) is 18.8. The van der Waals surface area contributed by atoms with E-state index in [1.807, 2.05) is 30.3 Å². The summed E-state index contributed by atoms with van der Waals surface area (Å²) in [7, 11) is 0. The molecule has 1 unspecified atom stereocenters. The van der Waals surface area contributed by atoms with Crippen molar-refractivity contribution >= 4 is 28.4 Å². The molecule has 0 aromatic heterocycles. The topological polar surface area (TPSA) is 52.9 Å². The van der Waals surface area contributed by atoms with E-state index >= 15 is 0 Å². The lowest BCUT2D eigenvalue weighted by molar-refractivity contribution is -0.118. The Labute approximate surface area is 162 Å². The van der Waals surface area contributed by atoms with Crippen molar-refractivity contribution in [2.45, 2.75) is 37.6 Å². The summed E-state index contributed by atoms with van der Waals surface area (Å²) in [6.07, 6.45) is 1.27. The highest BCUT2D eigenvalue weighted by Gasteiger charge is 2.46. The van der Waals surface area contributed by atoms with Crippen molar-refractivity contribution in [3.05, 3.63) is 65.4 Å². The van der Waals surface area contributed by atoms with E-state index in [9.17, 15) is 9.90 Å². The largest absolute Gasteiger partial charge is 0.508 e. The highest BCUT2D eigenvalue weighted by Crippen LogP contribution is 2.54. The predicted octanol–water partition coefficient (Wildman–Crippen LogP) is 5.06. The van der Waals surface area contributed by atoms with Gasteiger partial charge in [0, 0.05) is 22.5 Å². The average molecular weight is 376 g/mol. The van der Waals surface area contributed by atoms with E-state index in [-0.39, 0.29) is 23.0 Å². The Balaban J connectivity index is 1.76. The molecule has 2 aromatic carbocycles. The van der Waals surface area contributed by atoms with Crippen molar-refractivity contribution in [2.75, 3.05) is 4.90 Å². The summed E-state index contributed by atoms with van der Waals surface area (Å²) in [6, 6.07) is 15.1. The van der Waals surface area contributed by atoms with Gasteiger partial charge in [0.2, 0.25) is 0 Å². The second-order valence-electron chi connectivity index (χ2n) is 8.10. The first-order chi connectivity index (χ1) is 12.9. The monoisotopic (exact) mass is 376 g/mol. The standard InChI is InChI=1S/C22H20N2O2S/c1-22(2)11-14-19(17(26)12-22)20(13-7-3-5-9-16(13)25)24-15-8-4-6-10-18(15)27-21(24)23-14/h3-10,20,25H,11-12H2,1-2H3. The number of carbonyl (C=O) groups is 1. The number of para-hydroxylation sites is 2. The van der Waals surface area contributed by atoms with Crippen LogP contribution in [0.5, 0.6) is 5.75 Å². The lowest BCUT2D eigenvalue weighted by atomic mass is 9.73. The molecule has 0 bridgehead atoms. The van der Waals surface area contributed by atoms with Crippen LogP contribution < -0.4 is 4.90 Å². The molecule has 0 amide bonds. The Morgan fingerprint density at radius 2 is 1.85 bits per heavy atom. The van der Waals surface area contributed by atoms with Gasteiger partial charge >= 0.3 is 0 Å². The van der Waals surface area contributed by atoms with Gasteiger partial charge in [-0.05, 0) is 41.8 Å². The Morgan fingerprint density at radius 3 is 2.67 bits per heavy atom. The number of allylic oxidation sites excluding steroid dienone is 1. The Kier molecular flexibility index (Phi) is 3.53. The maximum Gasteiger partial charge on any atom is 0.174 e. The van der Waals surface area contributed by atoms with E-state index in [4.69, 9.17) is 4.99 Å². The summed E-state index contributed by atoms with van der Waals surface area (Å²) in [6.45, 7) is 4.24. The van der Waals surface area contributed by atoms with E-state index in [2.05, 4.69) is 30.9 Å². The minimum Gasteiger partial charge on any atom is -0.508 e. The van der Waals surface area contributed by atoms with Crippen LogP contribution in [0.25, 0.3) is 0 Å². The first kappa shape index (κ1) is 16.6. The van der Waals surface area contributed by atoms with Crippen molar-refractivity contribution in [3.8, 4) is 5.75 Å². The van der Waals surface area contributed by atoms with Crippen molar-refractivity contribution in [2.24, 2.45) is 10.4 Å². The molecule has 3 aliphatic rings. The van der Waals surface area contributed by atoms with Crippen LogP contribution in [0.1, 0.15) is 38.3 Å². The molecule has 1 aliphatic carbocycles. The Hall–Kier alpha value is -2.53. The summed E-state index contributed by atoms with van der Waals surface area (Å²) in [5, 5.41) is 11.5. The molecule has 136 valence electrons. The van der Waals surface area contributed by atoms with E-state index in [0.29, 0.717) is 6.42 Å². The quantitative estimate of drug-likeness (QED) is 0.756. The van der Waals surface area contributed by atoms with E-state index < -0.39 is 0 Å². The lowest BCUT2D eigenvalue weighted by Crippen LogP contribution is -2.40. The number of aliphatic imine (C=N–C) groups is 1. The van der Waals surface area contributed by atoms with Crippen LogP contribution >= 0.6 is 11.8 Å². The summed E-state index contributed by atoms with van der Waals surface area (Å²) in [5.74, 6) is 0.342. The third kappa shape index (κ3) is 2.52. The number of thioether (sulfide) groups is 1. The van der Waals surface area contributed by atoms with Gasteiger partial charge in [-0.1, -0.05) is 44.2 Å². The second kappa shape index (κ2) is 5.73. The van der Waals surface area contributed by atoms with Gasteiger partial charge in [-0.3, -0.25) is 4.79 Å². The number of phenols is 1. The summed E-state index contributed by atoms with van der Waals surface area (Å²) < 4.78 is 0. The molecule has 27 heavy (non-hydrogen) atoms. The number of hydrogen-bond acceptors (Lipinski definition) is 5. The normalized spacial score (nSPS) is 22.9. The van der Waals surface area contributed by atoms with Crippen LogP contribution in [-0.4, -0.2) is 16.1 Å². The number of carbonyl (C=O) groups excluding carboxylic acids is 1. The molecule has 2 aliphatic heterocycles. The van der Waals surface area contributed by atoms with Crippen LogP contribution in [-0.2, 0) is 4.79 Å². The SMILES string of the molecule is CC1(C)CC(=O)C2=C(C1)N=C1Sc3ccccc3N1C2c1ccccc1O. The first-order valence-electron chi connectivity index (χ1n) is 9.13. The van der Waals surface area contributed by atoms with Crippen LogP contribution in [0.2, 0.25) is 0 Å². The van der Waals surface area contributed by atoms with E-state index in [1.54, 1.807) is 17.8 Å². The molecule has 0 saturated heterocycles. The molecule has 2 aromatic rings. The average Bonchev–Trinajstić information content (AvgIpc) is 2.97. The molecule has 0 radical (unpaired) electrons. The van der Waals surface area contributed by atoms with Crippen LogP contribution in [0, 0.1) is 5.41 Å². The maximum atomic E-state index is 13.2. The molecule has 5 rings (SSSR count). The fourth-order valence-electron chi connectivity index (χ4n) is 4.29. The second-order valence-corrected chi connectivity index (χ2v) is 9.11. The molecule has 5 heteroatoms. The number of Topliss-reactive ketones (excluding diaryl/α,β-unsaturated/α-hetero) is 1. The number of rotatable bonds is 1. The van der Waals surface area contributed by atoms with Gasteiger partial charge in [0.1, 0.15) is 5.75 Å². The highest BCUT2D eigenvalue weighted by atomic mass is 32.2. The van der Waals surface area contributed by atoms with Crippen molar-refractivity contribution in [3.63, 3.8) is 0 Å². The van der Waals surface area contributed by atoms with Crippen molar-refractivity contribution < 1.29 is 9.90 Å². The van der Waals surface area contributed by atoms with Crippen LogP contribution in [0.15, 0.2) is 69.7 Å². The first-order valence-corrected chi connectivity index (χ1v) is 9.95. The number of aromatic hydroxyl groups is 1. The molecule has 0 saturated carbocycles. The summed E-state index contributed by atoms with van der Waals surface area (Å²) in [4.78, 5) is 21.4. The Morgan fingerprint density at radius 1 is 1.11 bits per heavy atom. The van der Waals surface area contributed by atoms with Crippen LogP contribution in [0.4, 0.5) is 5.69 Å². The summed E-state index contributed by atoms with van der Waals surface area (Å²) >= 11 is 1.63. The van der Waals surface area contributed by atoms with Gasteiger partial charge in [-0.15, -0.1) is 0 Å². The van der Waals surface area contributed by atoms with Crippen molar-refractivity contribution in [1.29, 1.82) is 0 Å². The molecular formula is C22H20N2O2S. The Bertz CT molecular complexity index is 1040. The van der Waals surface area contributed by atoms with Gasteiger partial charge in [0.05, 0.1) is 17.4 Å². The summed E-state index contributed by atoms with van der Waals surface area (Å²) in [5.41, 5.74) is 3.30. The molecule has 1 atom stereocenters. The molecule has 0 fully saturated rings. The number of benzene rings is 2. The number of hydrogen-bond donors (Lipinski definition) is 1. The highest BCUT2D eigenvalue weighted by molar-refractivity contribution is 8.14. The molecule has 4 nitrogen and oxygen atoms in total.